The molecular weight excluding hydrogens is 340 g/mol. The quantitative estimate of drug-likeness (QED) is 0.851. The second-order valence-electron chi connectivity index (χ2n) is 5.77. The van der Waals surface area contributed by atoms with Crippen molar-refractivity contribution in [2.45, 2.75) is 25.8 Å². The Labute approximate surface area is 151 Å². The predicted octanol–water partition coefficient (Wildman–Crippen LogP) is 2.50. The fraction of sp³-hybridized carbons (Fsp3) is 0.471. The van der Waals surface area contributed by atoms with Gasteiger partial charge in [0.25, 0.3) is 0 Å². The van der Waals surface area contributed by atoms with Crippen LogP contribution < -0.4 is 14.8 Å². The first-order valence-corrected chi connectivity index (χ1v) is 9.09. The van der Waals surface area contributed by atoms with E-state index in [2.05, 4.69) is 38.6 Å². The molecule has 7 nitrogen and oxygen atoms in total. The number of fused-ring (bicyclic) bond motifs is 1. The summed E-state index contributed by atoms with van der Waals surface area (Å²) in [6.45, 7) is 3.33. The minimum Gasteiger partial charge on any atom is -0.481 e. The highest BCUT2D eigenvalue weighted by Gasteiger charge is 2.28. The number of nitrogens with zero attached hydrogens (tertiary/aromatic N) is 3. The maximum absolute atomic E-state index is 12.5. The van der Waals surface area contributed by atoms with Gasteiger partial charge in [-0.15, -0.1) is 11.3 Å². The molecule has 0 fully saturated rings. The van der Waals surface area contributed by atoms with E-state index in [0.717, 1.165) is 19.4 Å². The molecule has 0 saturated heterocycles. The predicted molar refractivity (Wildman–Crippen MR) is 96.4 cm³/mol. The summed E-state index contributed by atoms with van der Waals surface area (Å²) >= 11 is 1.80. The van der Waals surface area contributed by atoms with Crippen LogP contribution in [0.3, 0.4) is 0 Å². The third kappa shape index (κ3) is 3.91. The largest absolute Gasteiger partial charge is 0.481 e. The highest BCUT2D eigenvalue weighted by atomic mass is 32.1. The zero-order valence-corrected chi connectivity index (χ0v) is 15.4. The minimum absolute atomic E-state index is 0.146. The number of aromatic nitrogens is 2. The Kier molecular flexibility index (Phi) is 5.50. The third-order valence-electron chi connectivity index (χ3n) is 4.29. The van der Waals surface area contributed by atoms with Gasteiger partial charge in [-0.1, -0.05) is 6.92 Å². The summed E-state index contributed by atoms with van der Waals surface area (Å²) in [7, 11) is 3.01. The topological polar surface area (TPSA) is 76.6 Å². The standard InChI is InChI=1S/C17H22N4O3S/c1-4-12-11-6-8-25-13(11)5-7-21(12)10-14(22)18-17-19-15(23-2)9-16(20-17)24-3/h6,8-9,12H,4-5,7,10H2,1-3H3,(H,18,19,20,22). The second-order valence-corrected chi connectivity index (χ2v) is 6.77. The molecule has 0 bridgehead atoms. The number of ether oxygens (including phenoxy) is 2. The van der Waals surface area contributed by atoms with Gasteiger partial charge in [-0.2, -0.15) is 9.97 Å². The van der Waals surface area contributed by atoms with Gasteiger partial charge in [0.15, 0.2) is 0 Å². The zero-order valence-electron chi connectivity index (χ0n) is 14.6. The van der Waals surface area contributed by atoms with Crippen molar-refractivity contribution in [2.24, 2.45) is 0 Å². The van der Waals surface area contributed by atoms with Crippen molar-refractivity contribution in [3.8, 4) is 11.8 Å². The monoisotopic (exact) mass is 362 g/mol. The summed E-state index contributed by atoms with van der Waals surface area (Å²) in [5.74, 6) is 0.721. The molecule has 3 heterocycles. The molecule has 1 N–H and O–H groups in total. The average molecular weight is 362 g/mol. The highest BCUT2D eigenvalue weighted by molar-refractivity contribution is 7.10. The number of carbonyl (C=O) groups is 1. The van der Waals surface area contributed by atoms with Crippen molar-refractivity contribution < 1.29 is 14.3 Å². The van der Waals surface area contributed by atoms with Gasteiger partial charge in [0.05, 0.1) is 26.8 Å². The molecule has 0 spiro atoms. The van der Waals surface area contributed by atoms with E-state index < -0.39 is 0 Å². The summed E-state index contributed by atoms with van der Waals surface area (Å²) in [6, 6.07) is 4.02. The molecule has 1 atom stereocenters. The zero-order chi connectivity index (χ0) is 17.8. The Balaban J connectivity index is 1.69. The lowest BCUT2D eigenvalue weighted by molar-refractivity contribution is -0.118. The molecule has 0 aromatic carbocycles. The van der Waals surface area contributed by atoms with Crippen molar-refractivity contribution in [1.82, 2.24) is 14.9 Å². The number of thiophene rings is 1. The molecule has 8 heteroatoms. The van der Waals surface area contributed by atoms with E-state index in [1.54, 1.807) is 17.4 Å². The summed E-state index contributed by atoms with van der Waals surface area (Å²) < 4.78 is 10.2. The van der Waals surface area contributed by atoms with Gasteiger partial charge in [-0.05, 0) is 29.9 Å². The van der Waals surface area contributed by atoms with E-state index >= 15 is 0 Å². The average Bonchev–Trinajstić information content (AvgIpc) is 3.09. The summed E-state index contributed by atoms with van der Waals surface area (Å²) in [4.78, 5) is 24.4. The molecule has 0 saturated carbocycles. The molecule has 134 valence electrons. The fourth-order valence-corrected chi connectivity index (χ4v) is 4.06. The van der Waals surface area contributed by atoms with Crippen LogP contribution in [0.15, 0.2) is 17.5 Å². The molecule has 1 amide bonds. The van der Waals surface area contributed by atoms with Gasteiger partial charge in [-0.3, -0.25) is 15.0 Å². The Bertz CT molecular complexity index is 727. The molecular formula is C17H22N4O3S. The van der Waals surface area contributed by atoms with Crippen LogP contribution in [0, 0.1) is 0 Å². The maximum Gasteiger partial charge on any atom is 0.240 e. The van der Waals surface area contributed by atoms with Crippen molar-refractivity contribution in [3.05, 3.63) is 28.0 Å². The van der Waals surface area contributed by atoms with Crippen LogP contribution in [0.25, 0.3) is 0 Å². The van der Waals surface area contributed by atoms with Crippen LogP contribution in [-0.2, 0) is 11.2 Å². The van der Waals surface area contributed by atoms with Crippen LogP contribution >= 0.6 is 11.3 Å². The first kappa shape index (κ1) is 17.6. The van der Waals surface area contributed by atoms with Crippen molar-refractivity contribution in [3.63, 3.8) is 0 Å². The maximum atomic E-state index is 12.5. The Hall–Kier alpha value is -2.19. The van der Waals surface area contributed by atoms with Crippen LogP contribution in [0.2, 0.25) is 0 Å². The molecule has 1 aliphatic rings. The van der Waals surface area contributed by atoms with Crippen LogP contribution in [0.4, 0.5) is 5.95 Å². The SMILES string of the molecule is CCC1c2ccsc2CCN1CC(=O)Nc1nc(OC)cc(OC)n1. The number of carbonyl (C=O) groups excluding carboxylic acids is 1. The van der Waals surface area contributed by atoms with E-state index in [-0.39, 0.29) is 17.9 Å². The molecule has 1 unspecified atom stereocenters. The first-order valence-electron chi connectivity index (χ1n) is 8.21. The Morgan fingerprint density at radius 2 is 2.08 bits per heavy atom. The van der Waals surface area contributed by atoms with Gasteiger partial charge in [0.1, 0.15) is 0 Å². The molecule has 1 aliphatic heterocycles. The smallest absolute Gasteiger partial charge is 0.240 e. The van der Waals surface area contributed by atoms with E-state index in [1.165, 1.54) is 24.7 Å². The molecule has 0 radical (unpaired) electrons. The number of anilines is 1. The van der Waals surface area contributed by atoms with E-state index in [9.17, 15) is 4.79 Å². The van der Waals surface area contributed by atoms with Crippen molar-refractivity contribution >= 4 is 23.2 Å². The van der Waals surface area contributed by atoms with Gasteiger partial charge in [0.2, 0.25) is 23.6 Å². The van der Waals surface area contributed by atoms with E-state index in [4.69, 9.17) is 9.47 Å². The fourth-order valence-electron chi connectivity index (χ4n) is 3.13. The number of rotatable bonds is 6. The third-order valence-corrected chi connectivity index (χ3v) is 5.28. The lowest BCUT2D eigenvalue weighted by Crippen LogP contribution is -2.40. The number of nitrogens with one attached hydrogen (secondary N) is 1. The van der Waals surface area contributed by atoms with E-state index in [1.807, 2.05) is 0 Å². The Morgan fingerprint density at radius 3 is 2.72 bits per heavy atom. The highest BCUT2D eigenvalue weighted by Crippen LogP contribution is 2.34. The lowest BCUT2D eigenvalue weighted by atomic mass is 9.98. The molecule has 2 aromatic rings. The van der Waals surface area contributed by atoms with Gasteiger partial charge in [-0.25, -0.2) is 0 Å². The van der Waals surface area contributed by atoms with Crippen LogP contribution in [0.1, 0.15) is 29.8 Å². The number of amides is 1. The molecule has 2 aromatic heterocycles. The van der Waals surface area contributed by atoms with Crippen LogP contribution in [-0.4, -0.2) is 48.1 Å². The molecule has 0 aliphatic carbocycles. The van der Waals surface area contributed by atoms with Gasteiger partial charge in [0, 0.05) is 17.5 Å². The molecule has 3 rings (SSSR count). The summed E-state index contributed by atoms with van der Waals surface area (Å²) in [5, 5.41) is 4.87. The van der Waals surface area contributed by atoms with Gasteiger partial charge < -0.3 is 9.47 Å². The van der Waals surface area contributed by atoms with Gasteiger partial charge >= 0.3 is 0 Å². The van der Waals surface area contributed by atoms with Crippen molar-refractivity contribution in [2.75, 3.05) is 32.6 Å². The Morgan fingerprint density at radius 1 is 1.36 bits per heavy atom. The second kappa shape index (κ2) is 7.79. The normalized spacial score (nSPS) is 17.0. The van der Waals surface area contributed by atoms with Crippen molar-refractivity contribution in [1.29, 1.82) is 0 Å². The number of hydrogen-bond donors (Lipinski definition) is 1. The number of hydrogen-bond acceptors (Lipinski definition) is 7. The van der Waals surface area contributed by atoms with Crippen LogP contribution in [0.5, 0.6) is 11.8 Å². The van der Waals surface area contributed by atoms with E-state index in [0.29, 0.717) is 18.3 Å². The molecule has 25 heavy (non-hydrogen) atoms. The lowest BCUT2D eigenvalue weighted by Gasteiger charge is -2.34. The summed E-state index contributed by atoms with van der Waals surface area (Å²) in [5.41, 5.74) is 1.35. The first-order chi connectivity index (χ1) is 12.1. The summed E-state index contributed by atoms with van der Waals surface area (Å²) in [6.07, 6.45) is 1.96. The minimum atomic E-state index is -0.146. The number of methoxy groups -OCH3 is 2.